The van der Waals surface area contributed by atoms with Gasteiger partial charge in [0.1, 0.15) is 25.6 Å². The number of alkyl halides is 3. The number of anilines is 2. The van der Waals surface area contributed by atoms with Gasteiger partial charge < -0.3 is 5.32 Å². The smallest absolute Gasteiger partial charge is 0.351 e. The molecule has 0 saturated heterocycles. The van der Waals surface area contributed by atoms with E-state index in [0.717, 1.165) is 36.4 Å². The van der Waals surface area contributed by atoms with Crippen molar-refractivity contribution in [2.75, 3.05) is 16.3 Å². The van der Waals surface area contributed by atoms with Crippen LogP contribution in [0.4, 0.5) is 33.6 Å². The molecule has 0 radical (unpaired) electrons. The van der Waals surface area contributed by atoms with Crippen LogP contribution >= 0.6 is 11.3 Å². The predicted octanol–water partition coefficient (Wildman–Crippen LogP) is 7.18. The molecule has 0 amide bonds. The molecule has 8 rings (SSSR count). The van der Waals surface area contributed by atoms with Crippen LogP contribution in [-0.4, -0.2) is 49.3 Å². The molecule has 4 aromatic rings. The molecule has 0 unspecified atom stereocenters. The van der Waals surface area contributed by atoms with E-state index in [2.05, 4.69) is 15.3 Å². The minimum Gasteiger partial charge on any atom is -0.351 e. The Morgan fingerprint density at radius 1 is 0.918 bits per heavy atom. The van der Waals surface area contributed by atoms with Crippen molar-refractivity contribution in [3.63, 3.8) is 0 Å². The zero-order valence-corrected chi connectivity index (χ0v) is 28.3. The first-order valence-corrected chi connectivity index (χ1v) is 19.8. The van der Waals surface area contributed by atoms with E-state index in [1.807, 2.05) is 4.72 Å². The van der Waals surface area contributed by atoms with E-state index in [0.29, 0.717) is 60.3 Å². The zero-order valence-electron chi connectivity index (χ0n) is 25.9. The van der Waals surface area contributed by atoms with Gasteiger partial charge >= 0.3 is 6.18 Å². The molecule has 9 nitrogen and oxygen atoms in total. The van der Waals surface area contributed by atoms with Crippen LogP contribution in [0.15, 0.2) is 53.6 Å². The summed E-state index contributed by atoms with van der Waals surface area (Å²) in [5.74, 6) is -1.85. The lowest BCUT2D eigenvalue weighted by Crippen LogP contribution is -2.55. The molecule has 0 spiro atoms. The number of sulfone groups is 1. The molecular weight excluding hydrogens is 710 g/mol. The fourth-order valence-electron chi connectivity index (χ4n) is 7.01. The topological polar surface area (TPSA) is 131 Å². The molecule has 0 atom stereocenters. The summed E-state index contributed by atoms with van der Waals surface area (Å²) in [6.07, 6.45) is 2.64. The SMILES string of the molecule is CS(=O)(=O)[C@H]1CC[C@@H](Nc2nccc(-c3sc(C45CC(C4)C5)nc3-c3cccc(NS(=O)(=O)c4c(F)cccc4C(F)(F)F)c3F)n2)CC1. The van der Waals surface area contributed by atoms with Gasteiger partial charge in [0.05, 0.1) is 32.8 Å². The lowest BCUT2D eigenvalue weighted by molar-refractivity contribution is -0.140. The predicted molar refractivity (Wildman–Crippen MR) is 174 cm³/mol. The average Bonchev–Trinajstić information content (AvgIpc) is 3.40. The number of nitrogens with zero attached hydrogens (tertiary/aromatic N) is 3. The Balaban J connectivity index is 1.23. The zero-order chi connectivity index (χ0) is 34.9. The minimum atomic E-state index is -5.24. The van der Waals surface area contributed by atoms with Crippen LogP contribution < -0.4 is 10.0 Å². The van der Waals surface area contributed by atoms with Gasteiger partial charge in [-0.05, 0) is 81.2 Å². The first kappa shape index (κ1) is 33.8. The summed E-state index contributed by atoms with van der Waals surface area (Å²) in [6.45, 7) is 0. The number of sulfonamides is 1. The molecule has 49 heavy (non-hydrogen) atoms. The highest BCUT2D eigenvalue weighted by molar-refractivity contribution is 7.92. The van der Waals surface area contributed by atoms with Crippen LogP contribution in [0, 0.1) is 17.6 Å². The van der Waals surface area contributed by atoms with Crippen molar-refractivity contribution in [1.29, 1.82) is 0 Å². The summed E-state index contributed by atoms with van der Waals surface area (Å²) >= 11 is 1.34. The summed E-state index contributed by atoms with van der Waals surface area (Å²) in [4.78, 5) is 12.7. The summed E-state index contributed by atoms with van der Waals surface area (Å²) in [5, 5.41) is 3.67. The van der Waals surface area contributed by atoms with Crippen molar-refractivity contribution in [3.8, 4) is 21.8 Å². The van der Waals surface area contributed by atoms with Gasteiger partial charge in [-0.3, -0.25) is 4.72 Å². The van der Waals surface area contributed by atoms with Crippen LogP contribution in [-0.2, 0) is 31.5 Å². The molecule has 0 aliphatic heterocycles. The Bertz CT molecular complexity index is 2150. The highest BCUT2D eigenvalue weighted by atomic mass is 32.2. The maximum Gasteiger partial charge on any atom is 0.417 e. The molecule has 2 N–H and O–H groups in total. The van der Waals surface area contributed by atoms with Gasteiger partial charge in [0.2, 0.25) is 5.95 Å². The van der Waals surface area contributed by atoms with Crippen LogP contribution in [0.1, 0.15) is 55.5 Å². The standard InChI is InChI=1S/C32H30F5N5O4S3/c1-48(43,44)19-10-8-18(9-11-19)39-30-38-13-12-24(40-30)27-26(41-29(47-27)31-14-17(15-31)16-31)20-4-2-7-23(25(20)34)42-49(45,46)28-21(32(35,36)37)5-3-6-22(28)33/h2-7,12-13,17-19,42H,8-11,14-16H2,1H3,(H,38,39,40)/t17?,18-,19+,31?. The molecule has 260 valence electrons. The largest absolute Gasteiger partial charge is 0.417 e. The van der Waals surface area contributed by atoms with E-state index in [9.17, 15) is 34.4 Å². The second kappa shape index (κ2) is 12.0. The van der Waals surface area contributed by atoms with Gasteiger partial charge in [-0.15, -0.1) is 11.3 Å². The van der Waals surface area contributed by atoms with Gasteiger partial charge in [-0.25, -0.2) is 40.6 Å². The molecular formula is C32H30F5N5O4S3. The Hall–Kier alpha value is -3.70. The number of aromatic nitrogens is 3. The summed E-state index contributed by atoms with van der Waals surface area (Å²) in [7, 11) is -8.38. The number of thiazole rings is 1. The minimum absolute atomic E-state index is 0.0556. The second-order valence-electron chi connectivity index (χ2n) is 13.1. The van der Waals surface area contributed by atoms with Crippen LogP contribution in [0.3, 0.4) is 0 Å². The van der Waals surface area contributed by atoms with Crippen LogP contribution in [0.2, 0.25) is 0 Å². The maximum absolute atomic E-state index is 16.3. The summed E-state index contributed by atoms with van der Waals surface area (Å²) in [6, 6.07) is 7.07. The van der Waals surface area contributed by atoms with Crippen molar-refractivity contribution >= 4 is 42.8 Å². The molecule has 4 aliphatic carbocycles. The number of rotatable bonds is 9. The van der Waals surface area contributed by atoms with Crippen molar-refractivity contribution in [1.82, 2.24) is 15.0 Å². The number of halogens is 5. The fourth-order valence-corrected chi connectivity index (χ4v) is 10.8. The number of benzene rings is 2. The van der Waals surface area contributed by atoms with Crippen molar-refractivity contribution in [2.24, 2.45) is 5.92 Å². The number of hydrogen-bond donors (Lipinski definition) is 2. The molecule has 2 aromatic carbocycles. The average molecular weight is 740 g/mol. The molecule has 2 bridgehead atoms. The van der Waals surface area contributed by atoms with Gasteiger partial charge in [0.15, 0.2) is 5.82 Å². The van der Waals surface area contributed by atoms with E-state index >= 15 is 4.39 Å². The monoisotopic (exact) mass is 739 g/mol. The van der Waals surface area contributed by atoms with Crippen molar-refractivity contribution in [2.45, 2.75) is 72.7 Å². The molecule has 4 aliphatic rings. The molecule has 4 saturated carbocycles. The normalized spacial score (nSPS) is 23.8. The molecule has 17 heteroatoms. The molecule has 4 fully saturated rings. The van der Waals surface area contributed by atoms with Gasteiger partial charge in [0, 0.05) is 29.5 Å². The maximum atomic E-state index is 16.3. The van der Waals surface area contributed by atoms with Crippen LogP contribution in [0.25, 0.3) is 21.8 Å². The van der Waals surface area contributed by atoms with Crippen molar-refractivity contribution in [3.05, 3.63) is 70.9 Å². The summed E-state index contributed by atoms with van der Waals surface area (Å²) < 4.78 is 124. The summed E-state index contributed by atoms with van der Waals surface area (Å²) in [5.41, 5.74) is -2.08. The Morgan fingerprint density at radius 2 is 1.61 bits per heavy atom. The van der Waals surface area contributed by atoms with E-state index in [4.69, 9.17) is 4.98 Å². The first-order valence-electron chi connectivity index (χ1n) is 15.5. The Kier molecular flexibility index (Phi) is 8.25. The van der Waals surface area contributed by atoms with Gasteiger partial charge in [0.25, 0.3) is 10.0 Å². The third-order valence-electron chi connectivity index (χ3n) is 9.66. The van der Waals surface area contributed by atoms with Crippen LogP contribution in [0.5, 0.6) is 0 Å². The van der Waals surface area contributed by atoms with Gasteiger partial charge in [-0.2, -0.15) is 13.2 Å². The third kappa shape index (κ3) is 6.29. The highest BCUT2D eigenvalue weighted by Gasteiger charge is 2.59. The third-order valence-corrected chi connectivity index (χ3v) is 14.1. The second-order valence-corrected chi connectivity index (χ2v) is 18.0. The lowest BCUT2D eigenvalue weighted by Gasteiger charge is -2.60. The highest BCUT2D eigenvalue weighted by Crippen LogP contribution is 2.66. The number of nitrogens with one attached hydrogen (secondary N) is 2. The van der Waals surface area contributed by atoms with E-state index in [-0.39, 0.29) is 28.0 Å². The van der Waals surface area contributed by atoms with E-state index < -0.39 is 53.8 Å². The van der Waals surface area contributed by atoms with Gasteiger partial charge in [-0.1, -0.05) is 12.1 Å². The van der Waals surface area contributed by atoms with Crippen molar-refractivity contribution < 1.29 is 38.8 Å². The Morgan fingerprint density at radius 3 is 2.24 bits per heavy atom. The molecule has 2 aromatic heterocycles. The number of hydrogen-bond acceptors (Lipinski definition) is 9. The molecule has 2 heterocycles. The van der Waals surface area contributed by atoms with E-state index in [1.165, 1.54) is 35.9 Å². The Labute approximate surface area is 283 Å². The fraction of sp³-hybridized carbons (Fsp3) is 0.406. The first-order chi connectivity index (χ1) is 23.0. The van der Waals surface area contributed by atoms with E-state index in [1.54, 1.807) is 6.07 Å². The lowest BCUT2D eigenvalue weighted by atomic mass is 9.45. The quantitative estimate of drug-likeness (QED) is 0.173.